The molecule has 102 valence electrons. The quantitative estimate of drug-likeness (QED) is 0.806. The van der Waals surface area contributed by atoms with Crippen LogP contribution >= 0.6 is 0 Å². The highest BCUT2D eigenvalue weighted by molar-refractivity contribution is 5.33. The minimum Gasteiger partial charge on any atom is -0.324 e. The summed E-state index contributed by atoms with van der Waals surface area (Å²) < 4.78 is 51.9. The smallest absolute Gasteiger partial charge is 0.324 e. The van der Waals surface area contributed by atoms with E-state index in [9.17, 15) is 17.6 Å². The van der Waals surface area contributed by atoms with E-state index in [0.29, 0.717) is 18.8 Å². The summed E-state index contributed by atoms with van der Waals surface area (Å²) in [6.45, 7) is 3.89. The van der Waals surface area contributed by atoms with Gasteiger partial charge in [0.1, 0.15) is 5.82 Å². The molecule has 0 aliphatic rings. The third-order valence-corrected chi connectivity index (χ3v) is 2.78. The van der Waals surface area contributed by atoms with E-state index in [0.717, 1.165) is 18.2 Å². The maximum Gasteiger partial charge on any atom is 0.416 e. The summed E-state index contributed by atoms with van der Waals surface area (Å²) in [6.07, 6.45) is -3.58. The molecule has 18 heavy (non-hydrogen) atoms. The third-order valence-electron chi connectivity index (χ3n) is 2.78. The summed E-state index contributed by atoms with van der Waals surface area (Å²) in [4.78, 5) is 0. The average Bonchev–Trinajstić information content (AvgIpc) is 2.24. The number of alkyl halides is 3. The Hall–Kier alpha value is -1.10. The minimum atomic E-state index is -4.58. The van der Waals surface area contributed by atoms with Gasteiger partial charge in [-0.1, -0.05) is 19.9 Å². The van der Waals surface area contributed by atoms with E-state index in [2.05, 4.69) is 0 Å². The van der Waals surface area contributed by atoms with Crippen LogP contribution in [0.15, 0.2) is 18.2 Å². The monoisotopic (exact) mass is 263 g/mol. The molecule has 0 spiro atoms. The highest BCUT2D eigenvalue weighted by atomic mass is 19.4. The SMILES string of the molecule is CC(C)CC[C@H](N)c1c(F)cccc1C(F)(F)F. The lowest BCUT2D eigenvalue weighted by Crippen LogP contribution is -2.19. The molecule has 2 N–H and O–H groups in total. The van der Waals surface area contributed by atoms with Gasteiger partial charge in [0, 0.05) is 11.6 Å². The average molecular weight is 263 g/mol. The van der Waals surface area contributed by atoms with Crippen molar-refractivity contribution < 1.29 is 17.6 Å². The highest BCUT2D eigenvalue weighted by Crippen LogP contribution is 2.36. The molecule has 0 fully saturated rings. The van der Waals surface area contributed by atoms with Crippen LogP contribution in [0.2, 0.25) is 0 Å². The Labute approximate surface area is 104 Å². The number of nitrogens with two attached hydrogens (primary N) is 1. The Bertz CT molecular complexity index is 398. The number of rotatable bonds is 4. The van der Waals surface area contributed by atoms with Crippen LogP contribution in [-0.4, -0.2) is 0 Å². The van der Waals surface area contributed by atoms with Crippen molar-refractivity contribution >= 4 is 0 Å². The normalized spacial score (nSPS) is 14.0. The Morgan fingerprint density at radius 2 is 1.78 bits per heavy atom. The fraction of sp³-hybridized carbons (Fsp3) is 0.538. The molecule has 1 aromatic rings. The molecule has 0 heterocycles. The molecule has 0 aliphatic carbocycles. The van der Waals surface area contributed by atoms with Crippen molar-refractivity contribution in [2.75, 3.05) is 0 Å². The molecule has 0 amide bonds. The van der Waals surface area contributed by atoms with Gasteiger partial charge in [0.2, 0.25) is 0 Å². The summed E-state index contributed by atoms with van der Waals surface area (Å²) in [6, 6.07) is 2.01. The maximum absolute atomic E-state index is 13.6. The van der Waals surface area contributed by atoms with Gasteiger partial charge in [-0.3, -0.25) is 0 Å². The molecule has 1 nitrogen and oxygen atoms in total. The largest absolute Gasteiger partial charge is 0.416 e. The van der Waals surface area contributed by atoms with E-state index < -0.39 is 29.2 Å². The van der Waals surface area contributed by atoms with Crippen LogP contribution < -0.4 is 5.73 Å². The molecule has 1 atom stereocenters. The van der Waals surface area contributed by atoms with Gasteiger partial charge in [0.15, 0.2) is 0 Å². The van der Waals surface area contributed by atoms with Crippen molar-refractivity contribution in [3.63, 3.8) is 0 Å². The molecule has 1 rings (SSSR count). The van der Waals surface area contributed by atoms with Crippen molar-refractivity contribution in [2.24, 2.45) is 11.7 Å². The van der Waals surface area contributed by atoms with Crippen molar-refractivity contribution in [1.29, 1.82) is 0 Å². The second-order valence-electron chi connectivity index (χ2n) is 4.78. The minimum absolute atomic E-state index is 0.317. The van der Waals surface area contributed by atoms with Crippen LogP contribution in [-0.2, 0) is 6.18 Å². The number of benzene rings is 1. The first kappa shape index (κ1) is 15.0. The van der Waals surface area contributed by atoms with E-state index in [1.165, 1.54) is 0 Å². The summed E-state index contributed by atoms with van der Waals surface area (Å²) in [7, 11) is 0. The zero-order valence-electron chi connectivity index (χ0n) is 10.4. The van der Waals surface area contributed by atoms with E-state index in [4.69, 9.17) is 5.73 Å². The first-order valence-electron chi connectivity index (χ1n) is 5.84. The van der Waals surface area contributed by atoms with E-state index in [1.807, 2.05) is 13.8 Å². The molecule has 0 aromatic heterocycles. The maximum atomic E-state index is 13.6. The van der Waals surface area contributed by atoms with Gasteiger partial charge < -0.3 is 5.73 Å². The van der Waals surface area contributed by atoms with Gasteiger partial charge in [-0.25, -0.2) is 4.39 Å². The molecule has 5 heteroatoms. The molecular formula is C13H17F4N. The fourth-order valence-corrected chi connectivity index (χ4v) is 1.82. The summed E-state index contributed by atoms with van der Waals surface area (Å²) in [5.74, 6) is -0.571. The van der Waals surface area contributed by atoms with Crippen molar-refractivity contribution in [3.8, 4) is 0 Å². The fourth-order valence-electron chi connectivity index (χ4n) is 1.82. The second-order valence-corrected chi connectivity index (χ2v) is 4.78. The topological polar surface area (TPSA) is 26.0 Å². The molecular weight excluding hydrogens is 246 g/mol. The van der Waals surface area contributed by atoms with Gasteiger partial charge in [0.05, 0.1) is 5.56 Å². The Kier molecular flexibility index (Phi) is 4.73. The van der Waals surface area contributed by atoms with Gasteiger partial charge in [-0.15, -0.1) is 0 Å². The van der Waals surface area contributed by atoms with Crippen LogP contribution in [0.3, 0.4) is 0 Å². The van der Waals surface area contributed by atoms with Crippen LogP contribution in [0.5, 0.6) is 0 Å². The van der Waals surface area contributed by atoms with Gasteiger partial charge in [-0.05, 0) is 30.9 Å². The summed E-state index contributed by atoms with van der Waals surface area (Å²) in [5.41, 5.74) is 4.30. The third kappa shape index (κ3) is 3.70. The zero-order chi connectivity index (χ0) is 13.9. The summed E-state index contributed by atoms with van der Waals surface area (Å²) >= 11 is 0. The first-order chi connectivity index (χ1) is 8.23. The molecule has 0 bridgehead atoms. The van der Waals surface area contributed by atoms with Gasteiger partial charge in [0.25, 0.3) is 0 Å². The van der Waals surface area contributed by atoms with Crippen molar-refractivity contribution in [3.05, 3.63) is 35.1 Å². The zero-order valence-corrected chi connectivity index (χ0v) is 10.4. The van der Waals surface area contributed by atoms with E-state index in [-0.39, 0.29) is 0 Å². The Morgan fingerprint density at radius 1 is 1.17 bits per heavy atom. The van der Waals surface area contributed by atoms with E-state index in [1.54, 1.807) is 0 Å². The Morgan fingerprint density at radius 3 is 2.28 bits per heavy atom. The molecule has 0 aliphatic heterocycles. The van der Waals surface area contributed by atoms with Crippen LogP contribution in [0.4, 0.5) is 17.6 Å². The van der Waals surface area contributed by atoms with Crippen molar-refractivity contribution in [1.82, 2.24) is 0 Å². The summed E-state index contributed by atoms with van der Waals surface area (Å²) in [5, 5.41) is 0. The lowest BCUT2D eigenvalue weighted by molar-refractivity contribution is -0.138. The first-order valence-corrected chi connectivity index (χ1v) is 5.84. The number of hydrogen-bond donors (Lipinski definition) is 1. The molecule has 1 aromatic carbocycles. The molecule has 0 unspecified atom stereocenters. The molecule has 0 saturated heterocycles. The van der Waals surface area contributed by atoms with Crippen LogP contribution in [0.25, 0.3) is 0 Å². The van der Waals surface area contributed by atoms with Gasteiger partial charge in [-0.2, -0.15) is 13.2 Å². The lowest BCUT2D eigenvalue weighted by atomic mass is 9.94. The highest BCUT2D eigenvalue weighted by Gasteiger charge is 2.35. The van der Waals surface area contributed by atoms with Crippen molar-refractivity contribution in [2.45, 2.75) is 38.9 Å². The van der Waals surface area contributed by atoms with E-state index >= 15 is 0 Å². The predicted octanol–water partition coefficient (Wildman–Crippen LogP) is 4.28. The number of halogens is 4. The van der Waals surface area contributed by atoms with Gasteiger partial charge >= 0.3 is 6.18 Å². The number of hydrogen-bond acceptors (Lipinski definition) is 1. The Balaban J connectivity index is 3.06. The van der Waals surface area contributed by atoms with Crippen LogP contribution in [0, 0.1) is 11.7 Å². The predicted molar refractivity (Wildman–Crippen MR) is 62.4 cm³/mol. The molecule has 0 saturated carbocycles. The molecule has 0 radical (unpaired) electrons. The second kappa shape index (κ2) is 5.69. The van der Waals surface area contributed by atoms with Crippen LogP contribution in [0.1, 0.15) is 43.9 Å². The lowest BCUT2D eigenvalue weighted by Gasteiger charge is -2.19. The standard InChI is InChI=1S/C13H17F4N/c1-8(2)6-7-11(18)12-9(13(15,16)17)4-3-5-10(12)14/h3-5,8,11H,6-7,18H2,1-2H3/t11-/m0/s1.